The van der Waals surface area contributed by atoms with Crippen LogP contribution in [0.1, 0.15) is 19.3 Å². The zero-order valence-corrected chi connectivity index (χ0v) is 6.95. The van der Waals surface area contributed by atoms with Crippen LogP contribution < -0.4 is 0 Å². The molecule has 0 spiro atoms. The molecule has 12 heavy (non-hydrogen) atoms. The second-order valence-electron chi connectivity index (χ2n) is 2.98. The molecule has 2 atom stereocenters. The van der Waals surface area contributed by atoms with E-state index in [4.69, 9.17) is 0 Å². The van der Waals surface area contributed by atoms with Crippen LogP contribution in [0, 0.1) is 5.92 Å². The number of ketones is 1. The number of hydrogen-bond acceptors (Lipinski definition) is 4. The molecule has 1 aliphatic carbocycles. The number of ether oxygens (including phenoxy) is 1. The van der Waals surface area contributed by atoms with E-state index in [0.29, 0.717) is 12.8 Å². The molecule has 1 aliphatic rings. The molecule has 0 unspecified atom stereocenters. The van der Waals surface area contributed by atoms with Crippen molar-refractivity contribution in [2.75, 3.05) is 7.11 Å². The van der Waals surface area contributed by atoms with Crippen LogP contribution in [-0.4, -0.2) is 30.1 Å². The first-order chi connectivity index (χ1) is 5.65. The summed E-state index contributed by atoms with van der Waals surface area (Å²) in [5, 5.41) is 9.32. The molecule has 0 radical (unpaired) electrons. The number of methoxy groups -OCH3 is 1. The van der Waals surface area contributed by atoms with E-state index < -0.39 is 18.0 Å². The Bertz CT molecular complexity index is 199. The molecule has 0 bridgehead atoms. The lowest BCUT2D eigenvalue weighted by atomic mass is 9.86. The van der Waals surface area contributed by atoms with Gasteiger partial charge in [0.1, 0.15) is 5.78 Å². The maximum Gasteiger partial charge on any atom is 0.311 e. The van der Waals surface area contributed by atoms with Gasteiger partial charge in [0.2, 0.25) is 0 Å². The van der Waals surface area contributed by atoms with Crippen molar-refractivity contribution in [3.05, 3.63) is 0 Å². The maximum absolute atomic E-state index is 11.0. The van der Waals surface area contributed by atoms with E-state index in [2.05, 4.69) is 4.74 Å². The fraction of sp³-hybridized carbons (Fsp3) is 0.750. The van der Waals surface area contributed by atoms with Crippen LogP contribution >= 0.6 is 0 Å². The van der Waals surface area contributed by atoms with E-state index in [1.165, 1.54) is 7.11 Å². The predicted octanol–water partition coefficient (Wildman–Crippen LogP) is -0.111. The average Bonchev–Trinajstić information content (AvgIpc) is 2.03. The molecule has 0 saturated heterocycles. The smallest absolute Gasteiger partial charge is 0.311 e. The zero-order chi connectivity index (χ0) is 9.14. The summed E-state index contributed by atoms with van der Waals surface area (Å²) in [7, 11) is 1.28. The van der Waals surface area contributed by atoms with E-state index in [9.17, 15) is 14.7 Å². The topological polar surface area (TPSA) is 63.6 Å². The molecule has 1 rings (SSSR count). The van der Waals surface area contributed by atoms with E-state index in [-0.39, 0.29) is 12.2 Å². The number of esters is 1. The highest BCUT2D eigenvalue weighted by Gasteiger charge is 2.33. The molecule has 0 aromatic heterocycles. The molecule has 1 fully saturated rings. The summed E-state index contributed by atoms with van der Waals surface area (Å²) >= 11 is 0. The fourth-order valence-electron chi connectivity index (χ4n) is 1.41. The molecule has 0 aromatic carbocycles. The van der Waals surface area contributed by atoms with Crippen molar-refractivity contribution in [3.8, 4) is 0 Å². The van der Waals surface area contributed by atoms with Crippen LogP contribution in [0.4, 0.5) is 0 Å². The minimum Gasteiger partial charge on any atom is -0.469 e. The molecule has 68 valence electrons. The highest BCUT2D eigenvalue weighted by molar-refractivity contribution is 5.83. The molecule has 1 N–H and O–H groups in total. The summed E-state index contributed by atoms with van der Waals surface area (Å²) in [4.78, 5) is 21.8. The summed E-state index contributed by atoms with van der Waals surface area (Å²) in [6.45, 7) is 0. The molecular weight excluding hydrogens is 160 g/mol. The Kier molecular flexibility index (Phi) is 2.81. The molecule has 0 aromatic rings. The molecular formula is C8H12O4. The number of carbonyl (C=O) groups is 2. The van der Waals surface area contributed by atoms with Crippen LogP contribution in [0.2, 0.25) is 0 Å². The van der Waals surface area contributed by atoms with Crippen molar-refractivity contribution >= 4 is 11.8 Å². The van der Waals surface area contributed by atoms with Gasteiger partial charge in [-0.25, -0.2) is 0 Å². The monoisotopic (exact) mass is 172 g/mol. The molecule has 4 heteroatoms. The van der Waals surface area contributed by atoms with Crippen molar-refractivity contribution in [3.63, 3.8) is 0 Å². The number of aliphatic hydroxyl groups is 1. The van der Waals surface area contributed by atoms with Gasteiger partial charge in [0, 0.05) is 12.8 Å². The van der Waals surface area contributed by atoms with Crippen molar-refractivity contribution in [2.45, 2.75) is 25.4 Å². The number of Topliss-reactive ketones (excluding diaryl/α,β-unsaturated/α-hetero) is 1. The van der Waals surface area contributed by atoms with E-state index in [1.807, 2.05) is 0 Å². The first-order valence-corrected chi connectivity index (χ1v) is 3.92. The lowest BCUT2D eigenvalue weighted by Gasteiger charge is -2.24. The number of carbonyl (C=O) groups excluding carboxylic acids is 2. The predicted molar refractivity (Wildman–Crippen MR) is 40.4 cm³/mol. The van der Waals surface area contributed by atoms with E-state index >= 15 is 0 Å². The number of hydrogen-bond donors (Lipinski definition) is 1. The quantitative estimate of drug-likeness (QED) is 0.560. The van der Waals surface area contributed by atoms with Gasteiger partial charge in [0.25, 0.3) is 0 Å². The van der Waals surface area contributed by atoms with Crippen molar-refractivity contribution in [1.82, 2.24) is 0 Å². The Morgan fingerprint density at radius 2 is 2.33 bits per heavy atom. The average molecular weight is 172 g/mol. The Labute approximate surface area is 70.5 Å². The standard InChI is InChI=1S/C8H12O4/c1-12-8(11)6-3-2-5(9)4-7(6)10/h6-7,10H,2-4H2,1H3/t6-,7-/m0/s1. The highest BCUT2D eigenvalue weighted by atomic mass is 16.5. The first-order valence-electron chi connectivity index (χ1n) is 3.92. The van der Waals surface area contributed by atoms with Crippen LogP contribution in [0.15, 0.2) is 0 Å². The minimum atomic E-state index is -0.848. The highest BCUT2D eigenvalue weighted by Crippen LogP contribution is 2.22. The molecule has 4 nitrogen and oxygen atoms in total. The normalized spacial score (nSPS) is 30.0. The summed E-state index contributed by atoms with van der Waals surface area (Å²) in [5.74, 6) is -0.912. The lowest BCUT2D eigenvalue weighted by Crippen LogP contribution is -2.35. The third-order valence-corrected chi connectivity index (χ3v) is 2.14. The summed E-state index contributed by atoms with van der Waals surface area (Å²) in [6.07, 6.45) is 0.0159. The van der Waals surface area contributed by atoms with Crippen LogP contribution in [0.3, 0.4) is 0 Å². The number of aliphatic hydroxyl groups excluding tert-OH is 1. The lowest BCUT2D eigenvalue weighted by molar-refractivity contribution is -0.152. The van der Waals surface area contributed by atoms with E-state index in [1.54, 1.807) is 0 Å². The first kappa shape index (κ1) is 9.19. The second-order valence-corrected chi connectivity index (χ2v) is 2.98. The molecule has 0 heterocycles. The second kappa shape index (κ2) is 3.67. The Morgan fingerprint density at radius 1 is 1.67 bits per heavy atom. The minimum absolute atomic E-state index is 0.0163. The summed E-state index contributed by atoms with van der Waals surface area (Å²) in [5.41, 5.74) is 0. The largest absolute Gasteiger partial charge is 0.469 e. The summed E-state index contributed by atoms with van der Waals surface area (Å²) in [6, 6.07) is 0. The van der Waals surface area contributed by atoms with Crippen LogP contribution in [0.25, 0.3) is 0 Å². The maximum atomic E-state index is 11.0. The van der Waals surface area contributed by atoms with E-state index in [0.717, 1.165) is 0 Å². The molecule has 0 aliphatic heterocycles. The van der Waals surface area contributed by atoms with Gasteiger partial charge in [-0.3, -0.25) is 9.59 Å². The van der Waals surface area contributed by atoms with Gasteiger partial charge in [-0.05, 0) is 6.42 Å². The molecule has 0 amide bonds. The third-order valence-electron chi connectivity index (χ3n) is 2.14. The van der Waals surface area contributed by atoms with Gasteiger partial charge < -0.3 is 9.84 Å². The third kappa shape index (κ3) is 1.82. The van der Waals surface area contributed by atoms with Gasteiger partial charge in [-0.15, -0.1) is 0 Å². The van der Waals surface area contributed by atoms with Gasteiger partial charge in [0.15, 0.2) is 0 Å². The SMILES string of the molecule is COC(=O)[C@H]1CCC(=O)C[C@@H]1O. The molecule has 1 saturated carbocycles. The fourth-order valence-corrected chi connectivity index (χ4v) is 1.41. The summed E-state index contributed by atoms with van der Waals surface area (Å²) < 4.78 is 4.49. The van der Waals surface area contributed by atoms with Crippen LogP contribution in [-0.2, 0) is 14.3 Å². The van der Waals surface area contributed by atoms with Crippen molar-refractivity contribution in [2.24, 2.45) is 5.92 Å². The van der Waals surface area contributed by atoms with Gasteiger partial charge in [-0.2, -0.15) is 0 Å². The zero-order valence-electron chi connectivity index (χ0n) is 6.95. The van der Waals surface area contributed by atoms with Gasteiger partial charge >= 0.3 is 5.97 Å². The van der Waals surface area contributed by atoms with Gasteiger partial charge in [0.05, 0.1) is 19.1 Å². The van der Waals surface area contributed by atoms with Crippen molar-refractivity contribution < 1.29 is 19.4 Å². The van der Waals surface area contributed by atoms with Gasteiger partial charge in [-0.1, -0.05) is 0 Å². The Morgan fingerprint density at radius 3 is 2.83 bits per heavy atom. The number of rotatable bonds is 1. The Balaban J connectivity index is 2.56. The van der Waals surface area contributed by atoms with Crippen molar-refractivity contribution in [1.29, 1.82) is 0 Å². The van der Waals surface area contributed by atoms with Crippen LogP contribution in [0.5, 0.6) is 0 Å². The Hall–Kier alpha value is -0.900.